The second kappa shape index (κ2) is 5.55. The molecule has 2 aromatic heterocycles. The molecule has 2 aromatic rings. The van der Waals surface area contributed by atoms with Gasteiger partial charge in [-0.15, -0.1) is 22.7 Å². The first kappa shape index (κ1) is 13.6. The van der Waals surface area contributed by atoms with Gasteiger partial charge in [0.15, 0.2) is 5.13 Å². The molecule has 0 aliphatic carbocycles. The van der Waals surface area contributed by atoms with Gasteiger partial charge in [0.05, 0.1) is 14.4 Å². The maximum absolute atomic E-state index is 11.9. The van der Waals surface area contributed by atoms with Crippen molar-refractivity contribution in [1.29, 1.82) is 0 Å². The number of aromatic nitrogens is 1. The summed E-state index contributed by atoms with van der Waals surface area (Å²) in [4.78, 5) is 19.4. The molecule has 1 amide bonds. The fourth-order valence-corrected chi connectivity index (χ4v) is 4.56. The Hall–Kier alpha value is -0.370. The minimum Gasteiger partial charge on any atom is -0.288 e. The van der Waals surface area contributed by atoms with Gasteiger partial charge in [-0.3, -0.25) is 9.69 Å². The Bertz CT molecular complexity index is 610. The third-order valence-electron chi connectivity index (χ3n) is 3.01. The summed E-state index contributed by atoms with van der Waals surface area (Å²) in [5, 5.41) is 2.81. The lowest BCUT2D eigenvalue weighted by atomic mass is 10.1. The van der Waals surface area contributed by atoms with E-state index in [1.54, 1.807) is 16.2 Å². The van der Waals surface area contributed by atoms with Crippen molar-refractivity contribution in [2.24, 2.45) is 5.92 Å². The van der Waals surface area contributed by atoms with Crippen molar-refractivity contribution in [2.45, 2.75) is 6.42 Å². The Morgan fingerprint density at radius 1 is 1.53 bits per heavy atom. The largest absolute Gasteiger partial charge is 0.288 e. The van der Waals surface area contributed by atoms with Crippen molar-refractivity contribution in [3.8, 4) is 10.6 Å². The molecule has 1 atom stereocenters. The molecule has 0 spiro atoms. The van der Waals surface area contributed by atoms with Crippen LogP contribution in [0.5, 0.6) is 0 Å². The highest BCUT2D eigenvalue weighted by atomic mass is 79.9. The molecule has 1 aliphatic heterocycles. The van der Waals surface area contributed by atoms with Crippen LogP contribution in [0.2, 0.25) is 0 Å². The van der Waals surface area contributed by atoms with Crippen LogP contribution in [-0.4, -0.2) is 23.2 Å². The molecule has 1 fully saturated rings. The van der Waals surface area contributed by atoms with Crippen LogP contribution in [0.1, 0.15) is 6.42 Å². The first-order valence-electron chi connectivity index (χ1n) is 5.80. The van der Waals surface area contributed by atoms with Crippen LogP contribution in [0.25, 0.3) is 10.6 Å². The van der Waals surface area contributed by atoms with Gasteiger partial charge < -0.3 is 0 Å². The summed E-state index contributed by atoms with van der Waals surface area (Å²) < 4.78 is 1.09. The zero-order valence-electron chi connectivity index (χ0n) is 9.88. The van der Waals surface area contributed by atoms with Crippen molar-refractivity contribution in [3.63, 3.8) is 0 Å². The van der Waals surface area contributed by atoms with E-state index >= 15 is 0 Å². The second-order valence-electron chi connectivity index (χ2n) is 4.38. The Morgan fingerprint density at radius 2 is 2.37 bits per heavy atom. The van der Waals surface area contributed by atoms with Gasteiger partial charge >= 0.3 is 0 Å². The van der Waals surface area contributed by atoms with Crippen molar-refractivity contribution in [1.82, 2.24) is 4.98 Å². The van der Waals surface area contributed by atoms with Crippen LogP contribution in [0.4, 0.5) is 5.13 Å². The Labute approximate surface area is 133 Å². The molecule has 3 heterocycles. The average Bonchev–Trinajstić information content (AvgIpc) is 3.07. The highest BCUT2D eigenvalue weighted by molar-refractivity contribution is 9.11. The maximum Gasteiger partial charge on any atom is 0.229 e. The number of hydrogen-bond acceptors (Lipinski definition) is 5. The molecule has 7 heteroatoms. The van der Waals surface area contributed by atoms with Crippen molar-refractivity contribution in [3.05, 3.63) is 21.3 Å². The Balaban J connectivity index is 1.84. The van der Waals surface area contributed by atoms with E-state index in [0.717, 1.165) is 31.8 Å². The van der Waals surface area contributed by atoms with Crippen LogP contribution in [0.15, 0.2) is 21.3 Å². The first-order valence-corrected chi connectivity index (χ1v) is 8.92. The van der Waals surface area contributed by atoms with Gasteiger partial charge in [-0.05, 0) is 39.7 Å². The highest BCUT2D eigenvalue weighted by Gasteiger charge is 2.31. The number of amides is 1. The van der Waals surface area contributed by atoms with Crippen LogP contribution in [0, 0.1) is 5.92 Å². The molecule has 0 bridgehead atoms. The normalized spacial score (nSPS) is 19.4. The number of anilines is 1. The highest BCUT2D eigenvalue weighted by Crippen LogP contribution is 2.35. The Kier molecular flexibility index (Phi) is 3.98. The van der Waals surface area contributed by atoms with Gasteiger partial charge in [0.25, 0.3) is 0 Å². The SMILES string of the molecule is O=C1CC(CS)CN1c1nc(-c2ccc(Br)s2)cs1. The van der Waals surface area contributed by atoms with E-state index in [0.29, 0.717) is 12.3 Å². The van der Waals surface area contributed by atoms with Crippen molar-refractivity contribution >= 4 is 62.3 Å². The monoisotopic (exact) mass is 374 g/mol. The second-order valence-corrected chi connectivity index (χ2v) is 8.04. The van der Waals surface area contributed by atoms with E-state index in [-0.39, 0.29) is 5.91 Å². The lowest BCUT2D eigenvalue weighted by Gasteiger charge is -2.11. The summed E-state index contributed by atoms with van der Waals surface area (Å²) in [5.74, 6) is 1.25. The number of nitrogens with zero attached hydrogens (tertiary/aromatic N) is 2. The van der Waals surface area contributed by atoms with Crippen molar-refractivity contribution < 1.29 is 4.79 Å². The number of carbonyl (C=O) groups excluding carboxylic acids is 1. The number of thiazole rings is 1. The summed E-state index contributed by atoms with van der Waals surface area (Å²) in [6.45, 7) is 0.740. The summed E-state index contributed by atoms with van der Waals surface area (Å²) in [5.41, 5.74) is 0.942. The molecule has 19 heavy (non-hydrogen) atoms. The van der Waals surface area contributed by atoms with Crippen molar-refractivity contribution in [2.75, 3.05) is 17.2 Å². The number of halogens is 1. The summed E-state index contributed by atoms with van der Waals surface area (Å²) in [7, 11) is 0. The van der Waals surface area contributed by atoms with E-state index in [2.05, 4.69) is 33.5 Å². The van der Waals surface area contributed by atoms with Gasteiger partial charge in [-0.25, -0.2) is 4.98 Å². The quantitative estimate of drug-likeness (QED) is 0.825. The zero-order valence-corrected chi connectivity index (χ0v) is 14.0. The molecule has 0 saturated carbocycles. The minimum atomic E-state index is 0.160. The molecular weight excluding hydrogens is 364 g/mol. The fraction of sp³-hybridized carbons (Fsp3) is 0.333. The standard InChI is InChI=1S/C12H11BrN2OS3/c13-10-2-1-9(19-10)8-6-18-12(14-8)15-4-7(5-17)3-11(15)16/h1-2,6-7,17H,3-5H2. The predicted octanol–water partition coefficient (Wildman–Crippen LogP) is 3.92. The topological polar surface area (TPSA) is 33.2 Å². The number of thiol groups is 1. The van der Waals surface area contributed by atoms with E-state index in [1.165, 1.54) is 11.3 Å². The molecule has 3 rings (SSSR count). The average molecular weight is 375 g/mol. The molecular formula is C12H11BrN2OS3. The number of hydrogen-bond donors (Lipinski definition) is 1. The molecule has 1 saturated heterocycles. The minimum absolute atomic E-state index is 0.160. The number of thiophene rings is 1. The van der Waals surface area contributed by atoms with Gasteiger partial charge in [-0.1, -0.05) is 0 Å². The molecule has 1 aliphatic rings. The third kappa shape index (κ3) is 2.74. The van der Waals surface area contributed by atoms with Gasteiger partial charge in [0, 0.05) is 18.3 Å². The molecule has 100 valence electrons. The van der Waals surface area contributed by atoms with Gasteiger partial charge in [-0.2, -0.15) is 12.6 Å². The predicted molar refractivity (Wildman–Crippen MR) is 87.4 cm³/mol. The van der Waals surface area contributed by atoms with Crippen LogP contribution in [-0.2, 0) is 4.79 Å². The fourth-order valence-electron chi connectivity index (χ4n) is 2.04. The van der Waals surface area contributed by atoms with E-state index in [1.807, 2.05) is 17.5 Å². The summed E-state index contributed by atoms with van der Waals surface area (Å²) >= 11 is 10.9. The maximum atomic E-state index is 11.9. The lowest BCUT2D eigenvalue weighted by Crippen LogP contribution is -2.24. The van der Waals surface area contributed by atoms with Crippen LogP contribution < -0.4 is 4.90 Å². The van der Waals surface area contributed by atoms with Gasteiger partial charge in [0.2, 0.25) is 5.91 Å². The van der Waals surface area contributed by atoms with Crippen LogP contribution >= 0.6 is 51.2 Å². The molecule has 0 N–H and O–H groups in total. The zero-order chi connectivity index (χ0) is 13.4. The summed E-state index contributed by atoms with van der Waals surface area (Å²) in [6.07, 6.45) is 0.586. The lowest BCUT2D eigenvalue weighted by molar-refractivity contribution is -0.117. The third-order valence-corrected chi connectivity index (χ3v) is 6.04. The van der Waals surface area contributed by atoms with E-state index in [9.17, 15) is 4.79 Å². The number of rotatable bonds is 3. The molecule has 3 nitrogen and oxygen atoms in total. The molecule has 0 aromatic carbocycles. The Morgan fingerprint density at radius 3 is 3.00 bits per heavy atom. The molecule has 1 unspecified atom stereocenters. The van der Waals surface area contributed by atoms with E-state index < -0.39 is 0 Å². The first-order chi connectivity index (χ1) is 9.17. The van der Waals surface area contributed by atoms with Gasteiger partial charge in [0.1, 0.15) is 0 Å². The van der Waals surface area contributed by atoms with E-state index in [4.69, 9.17) is 0 Å². The summed E-state index contributed by atoms with van der Waals surface area (Å²) in [6, 6.07) is 4.05. The molecule has 0 radical (unpaired) electrons. The smallest absolute Gasteiger partial charge is 0.229 e. The number of carbonyl (C=O) groups is 1. The van der Waals surface area contributed by atoms with Crippen LogP contribution in [0.3, 0.4) is 0 Å².